The van der Waals surface area contributed by atoms with E-state index >= 15 is 0 Å². The average molecular weight is 575 g/mol. The molecule has 0 atom stereocenters. The molecular weight excluding hydrogens is 540 g/mol. The largest absolute Gasteiger partial charge is 0.360 e. The van der Waals surface area contributed by atoms with Gasteiger partial charge < -0.3 is 10.1 Å². The Morgan fingerprint density at radius 2 is 1.62 bits per heavy atom. The van der Waals surface area contributed by atoms with Crippen LogP contribution < -0.4 is 5.32 Å². The van der Waals surface area contributed by atoms with Gasteiger partial charge in [0, 0.05) is 48.6 Å². The lowest BCUT2D eigenvalue weighted by Gasteiger charge is -2.15. The lowest BCUT2D eigenvalue weighted by molar-refractivity contribution is 0.0816. The Balaban J connectivity index is 1.41. The molecule has 2 heterocycles. The number of hydrogen-bond donors (Lipinski definition) is 1. The number of pyridine rings is 1. The van der Waals surface area contributed by atoms with Gasteiger partial charge in [0.15, 0.2) is 5.78 Å². The number of rotatable bonds is 11. The third-order valence-electron chi connectivity index (χ3n) is 6.77. The molecule has 2 aromatic heterocycles. The highest BCUT2D eigenvalue weighted by Gasteiger charge is 2.17. The van der Waals surface area contributed by atoms with Gasteiger partial charge in [-0.25, -0.2) is 4.68 Å². The topological polar surface area (TPSA) is 86.1 Å². The number of ether oxygens (including phenoxy) is 1. The molecule has 0 aliphatic carbocycles. The van der Waals surface area contributed by atoms with E-state index in [0.29, 0.717) is 29.0 Å². The van der Waals surface area contributed by atoms with Crippen LogP contribution in [0.5, 0.6) is 0 Å². The summed E-state index contributed by atoms with van der Waals surface area (Å²) in [6.45, 7) is 7.91. The van der Waals surface area contributed by atoms with Crippen molar-refractivity contribution in [1.82, 2.24) is 14.8 Å². The van der Waals surface area contributed by atoms with Crippen LogP contribution >= 0.6 is 0 Å². The van der Waals surface area contributed by atoms with Crippen LogP contribution in [0, 0.1) is 0 Å². The van der Waals surface area contributed by atoms with Gasteiger partial charge in [-0.2, -0.15) is 5.10 Å². The van der Waals surface area contributed by atoms with E-state index in [4.69, 9.17) is 9.84 Å². The highest BCUT2D eigenvalue weighted by molar-refractivity contribution is 6.76. The second-order valence-electron chi connectivity index (χ2n) is 11.3. The molecule has 0 fully saturated rings. The summed E-state index contributed by atoms with van der Waals surface area (Å²) in [6, 6.07) is 28.4. The molecule has 0 unspecified atom stereocenters. The fraction of sp³-hybridized carbons (Fsp3) is 0.176. The number of nitrogens with zero attached hydrogens (tertiary/aromatic N) is 3. The van der Waals surface area contributed by atoms with E-state index in [0.717, 1.165) is 28.3 Å². The number of ketones is 1. The summed E-state index contributed by atoms with van der Waals surface area (Å²) in [5.74, 6) is -0.378. The molecule has 0 radical (unpaired) electrons. The molecule has 3 aromatic carbocycles. The maximum absolute atomic E-state index is 13.6. The van der Waals surface area contributed by atoms with Crippen LogP contribution in [0.25, 0.3) is 23.1 Å². The smallest absolute Gasteiger partial charge is 0.255 e. The molecule has 5 aromatic rings. The van der Waals surface area contributed by atoms with Gasteiger partial charge in [-0.3, -0.25) is 14.6 Å². The molecule has 1 amide bonds. The van der Waals surface area contributed by atoms with E-state index in [-0.39, 0.29) is 18.4 Å². The standard InChI is InChI=1S/C34H34N4O3Si/c1-42(2,3)21-20-41-24-38-32-23-27(15-17-30(32)31(37-38)18-16-28-13-7-8-19-35-28)33(39)26-12-9-14-29(22-26)36-34(40)25-10-5-4-6-11-25/h4-19,22-23H,20-21,24H2,1-3H3,(H,36,40)/b18-16+. The maximum atomic E-state index is 13.6. The highest BCUT2D eigenvalue weighted by atomic mass is 28.3. The number of benzene rings is 3. The number of hydrogen-bond acceptors (Lipinski definition) is 5. The normalized spacial score (nSPS) is 11.7. The number of nitrogens with one attached hydrogen (secondary N) is 1. The summed E-state index contributed by atoms with van der Waals surface area (Å²) in [5, 5.41) is 8.61. The van der Waals surface area contributed by atoms with E-state index in [9.17, 15) is 9.59 Å². The van der Waals surface area contributed by atoms with Crippen molar-refractivity contribution in [2.75, 3.05) is 11.9 Å². The fourth-order valence-electron chi connectivity index (χ4n) is 4.43. The van der Waals surface area contributed by atoms with Crippen LogP contribution in [0.15, 0.2) is 97.2 Å². The van der Waals surface area contributed by atoms with Gasteiger partial charge in [0.25, 0.3) is 5.91 Å². The van der Waals surface area contributed by atoms with Crippen molar-refractivity contribution in [2.24, 2.45) is 0 Å². The van der Waals surface area contributed by atoms with Crippen molar-refractivity contribution in [3.8, 4) is 0 Å². The molecule has 0 spiro atoms. The van der Waals surface area contributed by atoms with Crippen molar-refractivity contribution < 1.29 is 14.3 Å². The number of amides is 1. The van der Waals surface area contributed by atoms with E-state index in [1.54, 1.807) is 42.6 Å². The second kappa shape index (κ2) is 12.9. The number of anilines is 1. The number of fused-ring (bicyclic) bond motifs is 1. The van der Waals surface area contributed by atoms with E-state index in [2.05, 4.69) is 29.9 Å². The van der Waals surface area contributed by atoms with Crippen LogP contribution in [-0.2, 0) is 11.5 Å². The predicted molar refractivity (Wildman–Crippen MR) is 171 cm³/mol. The number of aromatic nitrogens is 3. The summed E-state index contributed by atoms with van der Waals surface area (Å²) in [7, 11) is -1.23. The number of carbonyl (C=O) groups is 2. The molecule has 0 saturated carbocycles. The zero-order chi connectivity index (χ0) is 29.5. The Morgan fingerprint density at radius 3 is 2.38 bits per heavy atom. The molecule has 0 aliphatic rings. The molecule has 8 heteroatoms. The van der Waals surface area contributed by atoms with Gasteiger partial charge in [-0.1, -0.05) is 62.1 Å². The number of carbonyl (C=O) groups excluding carboxylic acids is 2. The third kappa shape index (κ3) is 7.34. The second-order valence-corrected chi connectivity index (χ2v) is 16.9. The monoisotopic (exact) mass is 574 g/mol. The minimum Gasteiger partial charge on any atom is -0.360 e. The average Bonchev–Trinajstić information content (AvgIpc) is 3.35. The maximum Gasteiger partial charge on any atom is 0.255 e. The van der Waals surface area contributed by atoms with Crippen LogP contribution in [0.2, 0.25) is 25.7 Å². The zero-order valence-electron chi connectivity index (χ0n) is 24.1. The van der Waals surface area contributed by atoms with Gasteiger partial charge in [0.2, 0.25) is 0 Å². The summed E-state index contributed by atoms with van der Waals surface area (Å²) in [5.41, 5.74) is 4.52. The molecule has 212 valence electrons. The van der Waals surface area contributed by atoms with Gasteiger partial charge in [0.1, 0.15) is 6.73 Å². The Labute approximate surface area is 246 Å². The van der Waals surface area contributed by atoms with Crippen molar-refractivity contribution in [3.63, 3.8) is 0 Å². The van der Waals surface area contributed by atoms with Crippen molar-refractivity contribution >= 4 is 48.5 Å². The molecule has 5 rings (SSSR count). The lowest BCUT2D eigenvalue weighted by atomic mass is 10.0. The Morgan fingerprint density at radius 1 is 0.857 bits per heavy atom. The summed E-state index contributed by atoms with van der Waals surface area (Å²) in [4.78, 5) is 30.6. The van der Waals surface area contributed by atoms with Crippen LogP contribution in [-0.4, -0.2) is 41.1 Å². The van der Waals surface area contributed by atoms with Crippen molar-refractivity contribution in [3.05, 3.63) is 125 Å². The first kappa shape index (κ1) is 28.9. The predicted octanol–water partition coefficient (Wildman–Crippen LogP) is 7.40. The summed E-state index contributed by atoms with van der Waals surface area (Å²) in [6.07, 6.45) is 5.61. The van der Waals surface area contributed by atoms with Crippen LogP contribution in [0.4, 0.5) is 5.69 Å². The quantitative estimate of drug-likeness (QED) is 0.101. The molecule has 1 N–H and O–H groups in total. The van der Waals surface area contributed by atoms with E-state index in [1.165, 1.54) is 0 Å². The SMILES string of the molecule is C[Si](C)(C)CCOCn1nc(/C=C/c2ccccn2)c2ccc(C(=O)c3cccc(NC(=O)c4ccccc4)c3)cc21. The molecule has 7 nitrogen and oxygen atoms in total. The Bertz CT molecular complexity index is 1720. The van der Waals surface area contributed by atoms with E-state index < -0.39 is 8.07 Å². The molecule has 0 bridgehead atoms. The van der Waals surface area contributed by atoms with Crippen LogP contribution in [0.1, 0.15) is 37.7 Å². The summed E-state index contributed by atoms with van der Waals surface area (Å²) < 4.78 is 7.84. The molecule has 0 saturated heterocycles. The minimum atomic E-state index is -1.23. The van der Waals surface area contributed by atoms with Gasteiger partial charge in [-0.15, -0.1) is 0 Å². The fourth-order valence-corrected chi connectivity index (χ4v) is 5.18. The van der Waals surface area contributed by atoms with Gasteiger partial charge >= 0.3 is 0 Å². The minimum absolute atomic E-state index is 0.148. The lowest BCUT2D eigenvalue weighted by Crippen LogP contribution is -2.22. The zero-order valence-corrected chi connectivity index (χ0v) is 25.1. The van der Waals surface area contributed by atoms with Crippen molar-refractivity contribution in [2.45, 2.75) is 32.4 Å². The highest BCUT2D eigenvalue weighted by Crippen LogP contribution is 2.25. The van der Waals surface area contributed by atoms with Crippen molar-refractivity contribution in [1.29, 1.82) is 0 Å². The Hall–Kier alpha value is -4.66. The van der Waals surface area contributed by atoms with Crippen LogP contribution in [0.3, 0.4) is 0 Å². The van der Waals surface area contributed by atoms with E-state index in [1.807, 2.05) is 71.4 Å². The Kier molecular flexibility index (Phi) is 8.85. The van der Waals surface area contributed by atoms with Gasteiger partial charge in [-0.05, 0) is 66.7 Å². The molecule has 42 heavy (non-hydrogen) atoms. The molecule has 0 aliphatic heterocycles. The summed E-state index contributed by atoms with van der Waals surface area (Å²) >= 11 is 0. The first-order valence-electron chi connectivity index (χ1n) is 14.0. The third-order valence-corrected chi connectivity index (χ3v) is 8.47. The van der Waals surface area contributed by atoms with Gasteiger partial charge in [0.05, 0.1) is 16.9 Å². The first-order chi connectivity index (χ1) is 20.3. The first-order valence-corrected chi connectivity index (χ1v) is 17.7. The molecular formula is C34H34N4O3Si.